The maximum atomic E-state index is 11.6. The number of carbonyl (C=O) groups excluding carboxylic acids is 1. The number of ether oxygens (including phenoxy) is 2. The zero-order valence-corrected chi connectivity index (χ0v) is 15.5. The van der Waals surface area contributed by atoms with Crippen LogP contribution in [0.4, 0.5) is 9.80 Å². The Balaban J connectivity index is 2.21. The number of hydrogen-bond acceptors (Lipinski definition) is 7. The molecule has 1 amide bonds. The molecule has 24 heavy (non-hydrogen) atoms. The summed E-state index contributed by atoms with van der Waals surface area (Å²) in [5.74, 6) is 0. The van der Waals surface area contributed by atoms with Gasteiger partial charge in [0.1, 0.15) is 17.7 Å². The molecule has 0 radical (unpaired) electrons. The van der Waals surface area contributed by atoms with Gasteiger partial charge in [0, 0.05) is 12.6 Å². The first-order valence-corrected chi connectivity index (χ1v) is 9.26. The summed E-state index contributed by atoms with van der Waals surface area (Å²) in [6, 6.07) is 0.309. The summed E-state index contributed by atoms with van der Waals surface area (Å²) in [7, 11) is 0. The van der Waals surface area contributed by atoms with Gasteiger partial charge in [-0.2, -0.15) is 0 Å². The Morgan fingerprint density at radius 1 is 1.38 bits per heavy atom. The molecule has 0 aliphatic carbocycles. The second-order valence-corrected chi connectivity index (χ2v) is 6.83. The minimum absolute atomic E-state index is 0.147. The van der Waals surface area contributed by atoms with Gasteiger partial charge in [-0.05, 0) is 6.42 Å². The molecule has 138 valence electrons. The Hall–Kier alpha value is -1.38. The largest absolute Gasteiger partial charge is 0.467 e. The van der Waals surface area contributed by atoms with E-state index in [0.29, 0.717) is 29.4 Å². The van der Waals surface area contributed by atoms with Crippen molar-refractivity contribution in [2.75, 3.05) is 25.1 Å². The lowest BCUT2D eigenvalue weighted by Gasteiger charge is -2.13. The number of rotatable bonds is 12. The van der Waals surface area contributed by atoms with Crippen LogP contribution in [0.5, 0.6) is 5.19 Å². The SMILES string of the molecule is CCCCCCOC(=O)Nc1cnc(OCC(O)CNC(C)C)s1. The van der Waals surface area contributed by atoms with Gasteiger partial charge in [-0.1, -0.05) is 51.4 Å². The molecule has 0 saturated carbocycles. The van der Waals surface area contributed by atoms with E-state index in [1.165, 1.54) is 17.5 Å². The van der Waals surface area contributed by atoms with E-state index in [2.05, 4.69) is 22.5 Å². The van der Waals surface area contributed by atoms with E-state index in [0.717, 1.165) is 25.7 Å². The average molecular weight is 359 g/mol. The fourth-order valence-electron chi connectivity index (χ4n) is 1.81. The smallest absolute Gasteiger partial charge is 0.412 e. The number of aromatic nitrogens is 1. The van der Waals surface area contributed by atoms with Crippen LogP contribution in [0.3, 0.4) is 0 Å². The van der Waals surface area contributed by atoms with Crippen LogP contribution in [0.2, 0.25) is 0 Å². The van der Waals surface area contributed by atoms with Crippen molar-refractivity contribution < 1.29 is 19.4 Å². The normalized spacial score (nSPS) is 12.2. The maximum absolute atomic E-state index is 11.6. The van der Waals surface area contributed by atoms with E-state index in [1.807, 2.05) is 13.8 Å². The molecule has 0 aliphatic heterocycles. The van der Waals surface area contributed by atoms with E-state index in [9.17, 15) is 9.90 Å². The van der Waals surface area contributed by atoms with Crippen LogP contribution in [0.15, 0.2) is 6.20 Å². The fraction of sp³-hybridized carbons (Fsp3) is 0.750. The molecule has 0 spiro atoms. The van der Waals surface area contributed by atoms with Gasteiger partial charge in [-0.25, -0.2) is 9.78 Å². The highest BCUT2D eigenvalue weighted by molar-refractivity contribution is 7.17. The van der Waals surface area contributed by atoms with E-state index in [4.69, 9.17) is 9.47 Å². The van der Waals surface area contributed by atoms with Gasteiger partial charge in [0.2, 0.25) is 0 Å². The zero-order chi connectivity index (χ0) is 17.8. The zero-order valence-electron chi connectivity index (χ0n) is 14.7. The number of unbranched alkanes of at least 4 members (excludes halogenated alkanes) is 3. The predicted molar refractivity (Wildman–Crippen MR) is 95.9 cm³/mol. The Labute approximate surface area is 147 Å². The third kappa shape index (κ3) is 9.69. The van der Waals surface area contributed by atoms with Crippen LogP contribution in [0.1, 0.15) is 46.5 Å². The van der Waals surface area contributed by atoms with Gasteiger partial charge in [0.15, 0.2) is 0 Å². The Morgan fingerprint density at radius 3 is 2.88 bits per heavy atom. The molecule has 1 aromatic rings. The third-order valence-corrected chi connectivity index (χ3v) is 3.93. The van der Waals surface area contributed by atoms with Crippen LogP contribution < -0.4 is 15.4 Å². The highest BCUT2D eigenvalue weighted by Crippen LogP contribution is 2.25. The molecule has 1 unspecified atom stereocenters. The van der Waals surface area contributed by atoms with E-state index < -0.39 is 12.2 Å². The molecule has 7 nitrogen and oxygen atoms in total. The van der Waals surface area contributed by atoms with Gasteiger partial charge in [-0.15, -0.1) is 0 Å². The number of aliphatic hydroxyl groups is 1. The lowest BCUT2D eigenvalue weighted by molar-refractivity contribution is 0.104. The van der Waals surface area contributed by atoms with Gasteiger partial charge >= 0.3 is 6.09 Å². The lowest BCUT2D eigenvalue weighted by atomic mass is 10.2. The number of aliphatic hydroxyl groups excluding tert-OH is 1. The molecule has 1 heterocycles. The predicted octanol–water partition coefficient (Wildman–Crippen LogP) is 3.01. The molecular formula is C16H29N3O4S. The topological polar surface area (TPSA) is 92.7 Å². The second-order valence-electron chi connectivity index (χ2n) is 5.84. The number of carbonyl (C=O) groups is 1. The molecule has 0 bridgehead atoms. The highest BCUT2D eigenvalue weighted by atomic mass is 32.1. The molecule has 1 aromatic heterocycles. The average Bonchev–Trinajstić information content (AvgIpc) is 2.98. The third-order valence-electron chi connectivity index (χ3n) is 3.10. The fourth-order valence-corrected chi connectivity index (χ4v) is 2.47. The summed E-state index contributed by atoms with van der Waals surface area (Å²) in [5.41, 5.74) is 0. The van der Waals surface area contributed by atoms with Crippen molar-refractivity contribution >= 4 is 22.4 Å². The van der Waals surface area contributed by atoms with Crippen LogP contribution in [-0.2, 0) is 4.74 Å². The van der Waals surface area contributed by atoms with Crippen LogP contribution in [-0.4, -0.2) is 48.1 Å². The van der Waals surface area contributed by atoms with Gasteiger partial charge in [-0.3, -0.25) is 5.32 Å². The second kappa shape index (κ2) is 12.0. The minimum atomic E-state index is -0.610. The summed E-state index contributed by atoms with van der Waals surface area (Å²) < 4.78 is 10.5. The van der Waals surface area contributed by atoms with Crippen molar-refractivity contribution in [1.29, 1.82) is 0 Å². The number of thiazole rings is 1. The van der Waals surface area contributed by atoms with Crippen molar-refractivity contribution in [1.82, 2.24) is 10.3 Å². The van der Waals surface area contributed by atoms with Crippen molar-refractivity contribution in [2.24, 2.45) is 0 Å². The molecule has 0 aliphatic rings. The molecular weight excluding hydrogens is 330 g/mol. The number of nitrogens with zero attached hydrogens (tertiary/aromatic N) is 1. The molecule has 8 heteroatoms. The molecule has 1 rings (SSSR count). The maximum Gasteiger partial charge on any atom is 0.412 e. The highest BCUT2D eigenvalue weighted by Gasteiger charge is 2.10. The quantitative estimate of drug-likeness (QED) is 0.497. The van der Waals surface area contributed by atoms with Crippen LogP contribution in [0.25, 0.3) is 0 Å². The Bertz CT molecular complexity index is 468. The number of hydrogen-bond donors (Lipinski definition) is 3. The summed E-state index contributed by atoms with van der Waals surface area (Å²) in [5, 5.41) is 16.5. The first-order chi connectivity index (χ1) is 11.5. The Morgan fingerprint density at radius 2 is 2.17 bits per heavy atom. The van der Waals surface area contributed by atoms with Crippen molar-refractivity contribution in [3.63, 3.8) is 0 Å². The number of nitrogens with one attached hydrogen (secondary N) is 2. The summed E-state index contributed by atoms with van der Waals surface area (Å²) in [6.07, 6.45) is 4.66. The Kier molecular flexibility index (Phi) is 10.4. The summed E-state index contributed by atoms with van der Waals surface area (Å²) in [4.78, 5) is 15.7. The number of anilines is 1. The minimum Gasteiger partial charge on any atom is -0.467 e. The first-order valence-electron chi connectivity index (χ1n) is 8.45. The van der Waals surface area contributed by atoms with E-state index in [-0.39, 0.29) is 6.61 Å². The van der Waals surface area contributed by atoms with Crippen molar-refractivity contribution in [2.45, 2.75) is 58.6 Å². The molecule has 0 saturated heterocycles. The van der Waals surface area contributed by atoms with Gasteiger partial charge < -0.3 is 19.9 Å². The molecule has 0 aromatic carbocycles. The number of amides is 1. The molecule has 1 atom stereocenters. The van der Waals surface area contributed by atoms with Crippen molar-refractivity contribution in [3.05, 3.63) is 6.20 Å². The summed E-state index contributed by atoms with van der Waals surface area (Å²) >= 11 is 1.20. The van der Waals surface area contributed by atoms with Gasteiger partial charge in [0.25, 0.3) is 5.19 Å². The summed E-state index contributed by atoms with van der Waals surface area (Å²) in [6.45, 7) is 7.18. The van der Waals surface area contributed by atoms with Crippen LogP contribution >= 0.6 is 11.3 Å². The van der Waals surface area contributed by atoms with Crippen molar-refractivity contribution in [3.8, 4) is 5.19 Å². The lowest BCUT2D eigenvalue weighted by Crippen LogP contribution is -2.35. The molecule has 3 N–H and O–H groups in total. The van der Waals surface area contributed by atoms with Gasteiger partial charge in [0.05, 0.1) is 12.8 Å². The molecule has 0 fully saturated rings. The first kappa shape index (κ1) is 20.7. The standard InChI is InChI=1S/C16H29N3O4S/c1-4-5-6-7-8-22-15(21)19-14-10-18-16(24-14)23-11-13(20)9-17-12(2)3/h10,12-13,17,20H,4-9,11H2,1-3H3,(H,19,21). The van der Waals surface area contributed by atoms with E-state index >= 15 is 0 Å². The van der Waals surface area contributed by atoms with Crippen LogP contribution in [0, 0.1) is 0 Å². The monoisotopic (exact) mass is 359 g/mol. The van der Waals surface area contributed by atoms with E-state index in [1.54, 1.807) is 0 Å².